The molecule has 4 N–H and O–H groups in total. The third-order valence-electron chi connectivity index (χ3n) is 14.3. The van der Waals surface area contributed by atoms with Gasteiger partial charge in [0, 0.05) is 72.9 Å². The van der Waals surface area contributed by atoms with E-state index in [9.17, 15) is 50.6 Å². The number of likely N-dealkylation sites (N-methyl/N-ethyl adjacent to an activating group) is 1. The lowest BCUT2D eigenvalue weighted by Crippen LogP contribution is -2.62. The van der Waals surface area contributed by atoms with E-state index in [1.165, 1.54) is 24.4 Å². The van der Waals surface area contributed by atoms with Crippen molar-refractivity contribution in [3.8, 4) is 23.1 Å². The molecule has 2 saturated heterocycles. The van der Waals surface area contributed by atoms with Gasteiger partial charge >= 0.3 is 24.4 Å². The van der Waals surface area contributed by atoms with Crippen LogP contribution in [-0.2, 0) is 36.8 Å². The lowest BCUT2D eigenvalue weighted by Gasteiger charge is -2.39. The van der Waals surface area contributed by atoms with Gasteiger partial charge in [-0.15, -0.1) is 0 Å². The molecular weight excluding hydrogens is 1010 g/mol. The van der Waals surface area contributed by atoms with E-state index < -0.39 is 114 Å². The standard InChI is InChI=1S/C53H60F8N8O7/c1-50(2,52(56,57)58)38(25-45(71)75-6)47(72)66-69(29-37-39(54)23-34(24-40(37)55)41-10-8-9-21-62-41)30-43(70)42(64-48(73)46(65-49(74)76-7)51(3,4)53(59,60)61)22-32-14-11-31(12-15-32)13-16-33-17-20-44(63-26-33)68-27-35-18-19-36(28-68)67(35)5/h8-12,14-15,17,20-21,23-24,26,35-36,38,42-43,46,70H,18-19,22,25,27-30H2,1-7H3,(H,64,73)(H,65,74)(H,66,72)/t35?,36?,38-,42+,43+,46-/m1/s1. The van der Waals surface area contributed by atoms with Gasteiger partial charge in [0.25, 0.3) is 0 Å². The molecule has 23 heteroatoms. The second kappa shape index (κ2) is 24.0. The SMILES string of the molecule is COC(=O)C[C@H](C(=O)NN(Cc1c(F)cc(-c2ccccn2)cc1F)C[C@H](O)[C@H](Cc1ccc(C#Cc2ccc(N3CC4CCC(C3)N4C)nc2)cc1)NC(=O)[C@@H](NC(=O)OC)C(C)(C)C(F)(F)F)C(C)(C)C(F)(F)F. The summed E-state index contributed by atoms with van der Waals surface area (Å²) in [7, 11) is 3.87. The monoisotopic (exact) mass is 1070 g/mol. The largest absolute Gasteiger partial charge is 0.469 e. The summed E-state index contributed by atoms with van der Waals surface area (Å²) in [6.45, 7) is 2.29. The number of alkyl halides is 6. The molecule has 2 aliphatic rings. The minimum absolute atomic E-state index is 0.0181. The van der Waals surface area contributed by atoms with Crippen LogP contribution in [0.2, 0.25) is 0 Å². The summed E-state index contributed by atoms with van der Waals surface area (Å²) in [4.78, 5) is 66.4. The Labute approximate surface area is 434 Å². The zero-order valence-corrected chi connectivity index (χ0v) is 42.8. The maximum Gasteiger partial charge on any atom is 0.407 e. The summed E-state index contributed by atoms with van der Waals surface area (Å²) in [6.07, 6.45) is -9.96. The van der Waals surface area contributed by atoms with Crippen LogP contribution in [0.1, 0.15) is 69.2 Å². The summed E-state index contributed by atoms with van der Waals surface area (Å²) in [5, 5.41) is 16.9. The number of anilines is 1. The van der Waals surface area contributed by atoms with Crippen molar-refractivity contribution in [1.29, 1.82) is 0 Å². The predicted octanol–water partition coefficient (Wildman–Crippen LogP) is 7.11. The summed E-state index contributed by atoms with van der Waals surface area (Å²) in [6, 6.07) is 13.2. The molecule has 15 nitrogen and oxygen atoms in total. The number of amides is 3. The predicted molar refractivity (Wildman–Crippen MR) is 262 cm³/mol. The van der Waals surface area contributed by atoms with Crippen molar-refractivity contribution in [2.24, 2.45) is 16.7 Å². The molecule has 2 aromatic heterocycles. The number of carbonyl (C=O) groups excluding carboxylic acids is 4. The number of nitrogens with zero attached hydrogens (tertiary/aromatic N) is 5. The number of nitrogens with one attached hydrogen (secondary N) is 3. The first-order valence-electron chi connectivity index (χ1n) is 24.1. The molecule has 3 amide bonds. The van der Waals surface area contributed by atoms with E-state index in [0.717, 1.165) is 58.1 Å². The van der Waals surface area contributed by atoms with Crippen molar-refractivity contribution < 1.29 is 68.9 Å². The Bertz CT molecular complexity index is 2720. The molecule has 4 heterocycles. The molecule has 2 bridgehead atoms. The van der Waals surface area contributed by atoms with E-state index in [2.05, 4.69) is 58.9 Å². The average Bonchev–Trinajstić information content (AvgIpc) is 3.55. The Morgan fingerprint density at radius 1 is 0.803 bits per heavy atom. The number of aromatic nitrogens is 2. The quantitative estimate of drug-likeness (QED) is 0.0344. The van der Waals surface area contributed by atoms with Gasteiger partial charge in [0.15, 0.2) is 0 Å². The molecule has 76 heavy (non-hydrogen) atoms. The molecule has 6 atom stereocenters. The minimum atomic E-state index is -5.13. The highest BCUT2D eigenvalue weighted by Crippen LogP contribution is 2.45. The Balaban J connectivity index is 1.33. The molecule has 0 radical (unpaired) electrons. The van der Waals surface area contributed by atoms with Crippen LogP contribution in [-0.4, -0.2) is 132 Å². The van der Waals surface area contributed by atoms with Crippen LogP contribution in [0.15, 0.2) is 79.1 Å². The Kier molecular flexibility index (Phi) is 18.4. The molecule has 2 aromatic carbocycles. The number of pyridine rings is 2. The number of aliphatic hydroxyl groups is 1. The lowest BCUT2D eigenvalue weighted by molar-refractivity contribution is -0.231. The number of methoxy groups -OCH3 is 2. The Morgan fingerprint density at radius 3 is 1.95 bits per heavy atom. The summed E-state index contributed by atoms with van der Waals surface area (Å²) < 4.78 is 128. The summed E-state index contributed by atoms with van der Waals surface area (Å²) >= 11 is 0. The number of aliphatic hydroxyl groups excluding tert-OH is 1. The van der Waals surface area contributed by atoms with Crippen molar-refractivity contribution >= 4 is 29.7 Å². The van der Waals surface area contributed by atoms with Crippen LogP contribution < -0.4 is 21.0 Å². The van der Waals surface area contributed by atoms with E-state index >= 15 is 8.78 Å². The van der Waals surface area contributed by atoms with Gasteiger partial charge in [-0.3, -0.25) is 29.7 Å². The van der Waals surface area contributed by atoms with Crippen LogP contribution in [0.25, 0.3) is 11.3 Å². The third kappa shape index (κ3) is 13.9. The van der Waals surface area contributed by atoms with E-state index in [0.29, 0.717) is 61.5 Å². The van der Waals surface area contributed by atoms with Crippen molar-refractivity contribution in [3.05, 3.63) is 113 Å². The number of carbonyl (C=O) groups is 4. The highest BCUT2D eigenvalue weighted by molar-refractivity contribution is 5.87. The van der Waals surface area contributed by atoms with Gasteiger partial charge in [0.1, 0.15) is 23.5 Å². The molecule has 410 valence electrons. The van der Waals surface area contributed by atoms with E-state index in [1.54, 1.807) is 30.5 Å². The van der Waals surface area contributed by atoms with Gasteiger partial charge in [-0.2, -0.15) is 26.3 Å². The van der Waals surface area contributed by atoms with Crippen LogP contribution in [0.4, 0.5) is 45.7 Å². The molecule has 0 spiro atoms. The number of benzene rings is 2. The zero-order valence-electron chi connectivity index (χ0n) is 42.8. The number of hydrogen-bond donors (Lipinski definition) is 4. The first kappa shape index (κ1) is 58.4. The highest BCUT2D eigenvalue weighted by atomic mass is 19.4. The number of hydrogen-bond acceptors (Lipinski definition) is 12. The Hall–Kier alpha value is -6.90. The number of esters is 1. The van der Waals surface area contributed by atoms with Gasteiger partial charge in [0.2, 0.25) is 11.8 Å². The first-order chi connectivity index (χ1) is 35.6. The smallest absolute Gasteiger partial charge is 0.407 e. The van der Waals surface area contributed by atoms with Crippen LogP contribution in [0.5, 0.6) is 0 Å². The van der Waals surface area contributed by atoms with Gasteiger partial charge in [-0.1, -0.05) is 43.9 Å². The highest BCUT2D eigenvalue weighted by Gasteiger charge is 2.57. The molecule has 4 aromatic rings. The van der Waals surface area contributed by atoms with Gasteiger partial charge in [-0.25, -0.2) is 23.6 Å². The first-order valence-corrected chi connectivity index (χ1v) is 24.1. The fourth-order valence-electron chi connectivity index (χ4n) is 9.02. The number of rotatable bonds is 18. The number of ether oxygens (including phenoxy) is 2. The fraction of sp³-hybridized carbons (Fsp3) is 0.472. The van der Waals surface area contributed by atoms with Crippen molar-refractivity contribution in [3.63, 3.8) is 0 Å². The van der Waals surface area contributed by atoms with E-state index in [1.807, 2.05) is 17.4 Å². The topological polar surface area (TPSA) is 179 Å². The number of halogens is 8. The number of alkyl carbamates (subject to hydrolysis) is 1. The number of hydrazine groups is 1. The van der Waals surface area contributed by atoms with E-state index in [4.69, 9.17) is 0 Å². The normalized spacial score (nSPS) is 17.7. The molecule has 2 aliphatic heterocycles. The van der Waals surface area contributed by atoms with Crippen molar-refractivity contribution in [2.45, 2.75) is 103 Å². The maximum atomic E-state index is 16.0. The van der Waals surface area contributed by atoms with Crippen LogP contribution >= 0.6 is 0 Å². The zero-order chi connectivity index (χ0) is 55.9. The second-order valence-electron chi connectivity index (χ2n) is 20.0. The Morgan fingerprint density at radius 2 is 1.41 bits per heavy atom. The number of piperazine rings is 1. The average molecular weight is 1070 g/mol. The molecule has 2 fully saturated rings. The van der Waals surface area contributed by atoms with Gasteiger partial charge in [-0.05, 0) is 94.3 Å². The summed E-state index contributed by atoms with van der Waals surface area (Å²) in [5.74, 6) is -1.99. The van der Waals surface area contributed by atoms with Crippen LogP contribution in [0.3, 0.4) is 0 Å². The molecule has 6 rings (SSSR count). The van der Waals surface area contributed by atoms with Crippen molar-refractivity contribution in [1.82, 2.24) is 35.9 Å². The van der Waals surface area contributed by atoms with Gasteiger partial charge in [0.05, 0.1) is 55.2 Å². The molecule has 0 aliphatic carbocycles. The lowest BCUT2D eigenvalue weighted by atomic mass is 9.75. The third-order valence-corrected chi connectivity index (χ3v) is 14.3. The molecule has 2 unspecified atom stereocenters. The molecular formula is C53H60F8N8O7. The fourth-order valence-corrected chi connectivity index (χ4v) is 9.02. The summed E-state index contributed by atoms with van der Waals surface area (Å²) in [5.41, 5.74) is -2.95. The number of fused-ring (bicyclic) bond motifs is 2. The van der Waals surface area contributed by atoms with E-state index in [-0.39, 0.29) is 11.3 Å². The van der Waals surface area contributed by atoms with Crippen LogP contribution in [0, 0.1) is 40.2 Å². The van der Waals surface area contributed by atoms with Crippen molar-refractivity contribution in [2.75, 3.05) is 45.8 Å². The van der Waals surface area contributed by atoms with Gasteiger partial charge < -0.3 is 30.1 Å². The molecule has 0 saturated carbocycles. The minimum Gasteiger partial charge on any atom is -0.469 e. The maximum absolute atomic E-state index is 16.0. The second-order valence-corrected chi connectivity index (χ2v) is 20.0.